The topological polar surface area (TPSA) is 35.5 Å². The minimum absolute atomic E-state index is 0.395. The van der Waals surface area contributed by atoms with Crippen LogP contribution in [-0.2, 0) is 13.6 Å². The van der Waals surface area contributed by atoms with Crippen molar-refractivity contribution in [1.29, 1.82) is 0 Å². The van der Waals surface area contributed by atoms with E-state index in [1.165, 1.54) is 0 Å². The summed E-state index contributed by atoms with van der Waals surface area (Å²) in [6.45, 7) is 9.01. The zero-order valence-corrected chi connectivity index (χ0v) is 12.6. The maximum Gasteiger partial charge on any atom is 0.697 e. The lowest BCUT2D eigenvalue weighted by Gasteiger charge is -1.97. The van der Waals surface area contributed by atoms with E-state index in [0.29, 0.717) is 25.0 Å². The van der Waals surface area contributed by atoms with Crippen LogP contribution in [-0.4, -0.2) is 13.2 Å². The van der Waals surface area contributed by atoms with Crippen LogP contribution in [0.25, 0.3) is 0 Å². The molecule has 0 amide bonds. The highest BCUT2D eigenvalue weighted by Crippen LogP contribution is 2.25. The van der Waals surface area contributed by atoms with Crippen molar-refractivity contribution in [3.8, 4) is 0 Å². The highest BCUT2D eigenvalue weighted by atomic mass is 31.1. The largest absolute Gasteiger partial charge is 0.697 e. The molecule has 0 bridgehead atoms. The van der Waals surface area contributed by atoms with E-state index in [9.17, 15) is 4.57 Å². The molecule has 3 nitrogen and oxygen atoms in total. The molecular formula is C14H24O3P+. The molecular weight excluding hydrogens is 247 g/mol. The number of rotatable bonds is 6. The summed E-state index contributed by atoms with van der Waals surface area (Å²) in [6.07, 6.45) is 0. The molecule has 0 saturated heterocycles. The molecule has 0 aromatic heterocycles. The summed E-state index contributed by atoms with van der Waals surface area (Å²) >= 11 is 0. The SMILES string of the molecule is CC(C)CO[P+](=O)OCC(C)C.c1ccccc1. The van der Waals surface area contributed by atoms with Gasteiger partial charge in [-0.3, -0.25) is 0 Å². The third kappa shape index (κ3) is 13.3. The van der Waals surface area contributed by atoms with Crippen molar-refractivity contribution in [2.75, 3.05) is 13.2 Å². The van der Waals surface area contributed by atoms with Gasteiger partial charge in [0.1, 0.15) is 13.2 Å². The Labute approximate surface area is 111 Å². The Hall–Kier alpha value is -0.760. The Balaban J connectivity index is 0.000000397. The van der Waals surface area contributed by atoms with Gasteiger partial charge in [0.05, 0.1) is 0 Å². The van der Waals surface area contributed by atoms with E-state index in [2.05, 4.69) is 0 Å². The summed E-state index contributed by atoms with van der Waals surface area (Å²) in [6, 6.07) is 12.0. The monoisotopic (exact) mass is 271 g/mol. The van der Waals surface area contributed by atoms with Crippen LogP contribution in [0.1, 0.15) is 27.7 Å². The number of hydrogen-bond donors (Lipinski definition) is 0. The molecule has 0 saturated carbocycles. The van der Waals surface area contributed by atoms with Crippen molar-refractivity contribution < 1.29 is 13.6 Å². The van der Waals surface area contributed by atoms with Crippen LogP contribution in [0.15, 0.2) is 36.4 Å². The van der Waals surface area contributed by atoms with Crippen molar-refractivity contribution in [3.63, 3.8) is 0 Å². The van der Waals surface area contributed by atoms with E-state index < -0.39 is 8.25 Å². The Bertz CT molecular complexity index is 258. The van der Waals surface area contributed by atoms with Crippen LogP contribution in [0, 0.1) is 11.8 Å². The summed E-state index contributed by atoms with van der Waals surface area (Å²) in [5, 5.41) is 0. The van der Waals surface area contributed by atoms with Crippen LogP contribution in [0.4, 0.5) is 0 Å². The molecule has 0 heterocycles. The smallest absolute Gasteiger partial charge is 0.119 e. The van der Waals surface area contributed by atoms with Crippen molar-refractivity contribution in [2.24, 2.45) is 11.8 Å². The van der Waals surface area contributed by atoms with Crippen LogP contribution in [0.5, 0.6) is 0 Å². The Morgan fingerprint density at radius 2 is 1.06 bits per heavy atom. The van der Waals surface area contributed by atoms with Gasteiger partial charge in [-0.05, 0) is 11.8 Å². The van der Waals surface area contributed by atoms with Gasteiger partial charge in [-0.2, -0.15) is 0 Å². The summed E-state index contributed by atoms with van der Waals surface area (Å²) < 4.78 is 20.8. The fraction of sp³-hybridized carbons (Fsp3) is 0.571. The second-order valence-corrected chi connectivity index (χ2v) is 5.72. The molecule has 102 valence electrons. The third-order valence-corrected chi connectivity index (χ3v) is 2.41. The average molecular weight is 271 g/mol. The first-order valence-corrected chi connectivity index (χ1v) is 7.35. The van der Waals surface area contributed by atoms with Gasteiger partial charge in [0.15, 0.2) is 0 Å². The molecule has 0 spiro atoms. The van der Waals surface area contributed by atoms with Crippen molar-refractivity contribution in [1.82, 2.24) is 0 Å². The second kappa shape index (κ2) is 11.3. The summed E-state index contributed by atoms with van der Waals surface area (Å²) in [5.41, 5.74) is 0. The van der Waals surface area contributed by atoms with E-state index in [1.54, 1.807) is 0 Å². The first kappa shape index (κ1) is 17.2. The molecule has 0 aliphatic heterocycles. The lowest BCUT2D eigenvalue weighted by atomic mass is 10.2. The summed E-state index contributed by atoms with van der Waals surface area (Å²) in [7, 11) is -1.90. The van der Waals surface area contributed by atoms with Crippen LogP contribution < -0.4 is 0 Å². The molecule has 0 unspecified atom stereocenters. The van der Waals surface area contributed by atoms with E-state index in [-0.39, 0.29) is 0 Å². The molecule has 0 aliphatic carbocycles. The van der Waals surface area contributed by atoms with Gasteiger partial charge >= 0.3 is 8.25 Å². The first-order valence-electron chi connectivity index (χ1n) is 6.25. The second-order valence-electron chi connectivity index (χ2n) is 4.76. The molecule has 0 radical (unpaired) electrons. The number of benzene rings is 1. The van der Waals surface area contributed by atoms with Gasteiger partial charge in [0.2, 0.25) is 0 Å². The van der Waals surface area contributed by atoms with E-state index in [0.717, 1.165) is 0 Å². The maximum absolute atomic E-state index is 11.0. The van der Waals surface area contributed by atoms with Crippen molar-refractivity contribution >= 4 is 8.25 Å². The van der Waals surface area contributed by atoms with E-state index in [4.69, 9.17) is 9.05 Å². The minimum atomic E-state index is -1.90. The highest BCUT2D eigenvalue weighted by Gasteiger charge is 2.20. The van der Waals surface area contributed by atoms with E-state index >= 15 is 0 Å². The predicted molar refractivity (Wildman–Crippen MR) is 75.6 cm³/mol. The minimum Gasteiger partial charge on any atom is -0.119 e. The van der Waals surface area contributed by atoms with Crippen molar-refractivity contribution in [3.05, 3.63) is 36.4 Å². The van der Waals surface area contributed by atoms with Crippen LogP contribution in [0.3, 0.4) is 0 Å². The normalized spacial score (nSPS) is 10.1. The van der Waals surface area contributed by atoms with E-state index in [1.807, 2.05) is 64.1 Å². The maximum atomic E-state index is 11.0. The Morgan fingerprint density at radius 3 is 1.28 bits per heavy atom. The van der Waals surface area contributed by atoms with Crippen LogP contribution in [0.2, 0.25) is 0 Å². The Morgan fingerprint density at radius 1 is 0.778 bits per heavy atom. The van der Waals surface area contributed by atoms with Gasteiger partial charge in [-0.15, -0.1) is 9.05 Å². The first-order chi connectivity index (χ1) is 8.52. The standard InChI is InChI=1S/C8H18O3P.C6H6/c1-7(2)5-10-12(9)11-6-8(3)4;1-2-4-6-5-3-1/h7-8H,5-6H2,1-4H3;1-6H/q+1;. The molecule has 0 N–H and O–H groups in total. The number of hydrogen-bond acceptors (Lipinski definition) is 3. The van der Waals surface area contributed by atoms with Crippen molar-refractivity contribution in [2.45, 2.75) is 27.7 Å². The molecule has 1 rings (SSSR count). The molecule has 18 heavy (non-hydrogen) atoms. The van der Waals surface area contributed by atoms with Gasteiger partial charge in [-0.1, -0.05) is 64.1 Å². The lowest BCUT2D eigenvalue weighted by molar-refractivity contribution is 0.192. The third-order valence-electron chi connectivity index (χ3n) is 1.69. The van der Waals surface area contributed by atoms with Crippen LogP contribution >= 0.6 is 8.25 Å². The fourth-order valence-electron chi connectivity index (χ4n) is 0.842. The average Bonchev–Trinajstić information content (AvgIpc) is 2.36. The summed E-state index contributed by atoms with van der Waals surface area (Å²) in [4.78, 5) is 0. The molecule has 4 heteroatoms. The molecule has 1 aromatic rings. The van der Waals surface area contributed by atoms with Gasteiger partial charge < -0.3 is 0 Å². The van der Waals surface area contributed by atoms with Gasteiger partial charge in [0, 0.05) is 4.57 Å². The molecule has 0 fully saturated rings. The quantitative estimate of drug-likeness (QED) is 0.705. The lowest BCUT2D eigenvalue weighted by Crippen LogP contribution is -2.00. The highest BCUT2D eigenvalue weighted by molar-refractivity contribution is 7.33. The predicted octanol–water partition coefficient (Wildman–Crippen LogP) is 4.68. The Kier molecular flexibility index (Phi) is 10.9. The summed E-state index contributed by atoms with van der Waals surface area (Å²) in [5.74, 6) is 0.790. The molecule has 0 aliphatic rings. The zero-order chi connectivity index (χ0) is 13.8. The molecule has 0 atom stereocenters. The zero-order valence-electron chi connectivity index (χ0n) is 11.7. The molecule has 1 aromatic carbocycles. The van der Waals surface area contributed by atoms with Gasteiger partial charge in [-0.25, -0.2) is 0 Å². The van der Waals surface area contributed by atoms with Gasteiger partial charge in [0.25, 0.3) is 0 Å². The fourth-order valence-corrected chi connectivity index (χ4v) is 1.76.